The van der Waals surface area contributed by atoms with Crippen LogP contribution in [0.25, 0.3) is 0 Å². The van der Waals surface area contributed by atoms with Crippen LogP contribution >= 0.6 is 27.3 Å². The summed E-state index contributed by atoms with van der Waals surface area (Å²) in [4.78, 5) is 24.2. The van der Waals surface area contributed by atoms with Crippen molar-refractivity contribution in [2.24, 2.45) is 11.8 Å². The van der Waals surface area contributed by atoms with E-state index in [9.17, 15) is 9.59 Å². The number of carboxylic acids is 1. The van der Waals surface area contributed by atoms with Gasteiger partial charge in [0.15, 0.2) is 0 Å². The van der Waals surface area contributed by atoms with Crippen molar-refractivity contribution >= 4 is 39.1 Å². The molecule has 19 heavy (non-hydrogen) atoms. The lowest BCUT2D eigenvalue weighted by Crippen LogP contribution is -2.36. The van der Waals surface area contributed by atoms with Gasteiger partial charge in [-0.2, -0.15) is 0 Å². The van der Waals surface area contributed by atoms with Gasteiger partial charge in [0.2, 0.25) is 5.91 Å². The number of hydrogen-bond donors (Lipinski definition) is 2. The lowest BCUT2D eigenvalue weighted by atomic mass is 9.95. The first-order chi connectivity index (χ1) is 9.08. The molecule has 0 bridgehead atoms. The van der Waals surface area contributed by atoms with E-state index in [1.807, 2.05) is 12.1 Å². The Labute approximate surface area is 124 Å². The quantitative estimate of drug-likeness (QED) is 0.861. The van der Waals surface area contributed by atoms with Crippen LogP contribution in [0.5, 0.6) is 0 Å². The summed E-state index contributed by atoms with van der Waals surface area (Å²) >= 11 is 5.04. The number of carbonyl (C=O) groups is 2. The third-order valence-corrected chi connectivity index (χ3v) is 5.15. The van der Waals surface area contributed by atoms with Crippen LogP contribution in [-0.4, -0.2) is 23.5 Å². The molecular weight excluding hydrogens is 330 g/mol. The van der Waals surface area contributed by atoms with Crippen molar-refractivity contribution in [1.82, 2.24) is 5.32 Å². The number of aliphatic carboxylic acids is 1. The average molecular weight is 346 g/mol. The Balaban J connectivity index is 1.79. The topological polar surface area (TPSA) is 66.4 Å². The van der Waals surface area contributed by atoms with Crippen LogP contribution in [0, 0.1) is 11.8 Å². The van der Waals surface area contributed by atoms with Crippen LogP contribution in [0.2, 0.25) is 0 Å². The Hall–Kier alpha value is -0.880. The predicted octanol–water partition coefficient (Wildman–Crippen LogP) is 2.67. The highest BCUT2D eigenvalue weighted by atomic mass is 79.9. The van der Waals surface area contributed by atoms with E-state index in [4.69, 9.17) is 5.11 Å². The van der Waals surface area contributed by atoms with E-state index in [2.05, 4.69) is 21.2 Å². The molecule has 1 aliphatic rings. The maximum absolute atomic E-state index is 12.0. The number of rotatable bonds is 5. The number of hydrogen-bond acceptors (Lipinski definition) is 3. The Bertz CT molecular complexity index is 474. The Morgan fingerprint density at radius 3 is 2.74 bits per heavy atom. The van der Waals surface area contributed by atoms with E-state index in [1.54, 1.807) is 11.3 Å². The van der Waals surface area contributed by atoms with Crippen LogP contribution in [0.15, 0.2) is 15.9 Å². The van der Waals surface area contributed by atoms with E-state index in [0.717, 1.165) is 16.6 Å². The fraction of sp³-hybridized carbons (Fsp3) is 0.538. The normalized spacial score (nSPS) is 22.4. The Morgan fingerprint density at radius 1 is 1.37 bits per heavy atom. The second-order valence-electron chi connectivity index (χ2n) is 4.73. The zero-order chi connectivity index (χ0) is 13.8. The molecule has 1 fully saturated rings. The first kappa shape index (κ1) is 14.5. The van der Waals surface area contributed by atoms with Gasteiger partial charge in [-0.3, -0.25) is 9.59 Å². The number of thiophene rings is 1. The van der Waals surface area contributed by atoms with Gasteiger partial charge >= 0.3 is 5.97 Å². The van der Waals surface area contributed by atoms with Crippen molar-refractivity contribution in [3.63, 3.8) is 0 Å². The van der Waals surface area contributed by atoms with Gasteiger partial charge in [-0.05, 0) is 47.3 Å². The van der Waals surface area contributed by atoms with E-state index in [-0.39, 0.29) is 11.8 Å². The van der Waals surface area contributed by atoms with Crippen LogP contribution in [-0.2, 0) is 16.0 Å². The molecule has 1 aliphatic carbocycles. The molecule has 2 rings (SSSR count). The highest BCUT2D eigenvalue weighted by Gasteiger charge is 2.37. The summed E-state index contributed by atoms with van der Waals surface area (Å²) in [6.07, 6.45) is 2.91. The Kier molecular flexibility index (Phi) is 4.99. The van der Waals surface area contributed by atoms with Crippen molar-refractivity contribution in [1.29, 1.82) is 0 Å². The fourth-order valence-electron chi connectivity index (χ4n) is 2.50. The molecule has 0 aromatic carbocycles. The summed E-state index contributed by atoms with van der Waals surface area (Å²) < 4.78 is 1.08. The molecule has 0 saturated heterocycles. The third kappa shape index (κ3) is 3.79. The summed E-state index contributed by atoms with van der Waals surface area (Å²) in [5.41, 5.74) is 0. The maximum Gasteiger partial charge on any atom is 0.307 e. The van der Waals surface area contributed by atoms with Gasteiger partial charge in [0.05, 0.1) is 15.6 Å². The van der Waals surface area contributed by atoms with Gasteiger partial charge < -0.3 is 10.4 Å². The number of amides is 1. The molecule has 0 aliphatic heterocycles. The van der Waals surface area contributed by atoms with Gasteiger partial charge in [-0.25, -0.2) is 0 Å². The van der Waals surface area contributed by atoms with Crippen LogP contribution in [0.3, 0.4) is 0 Å². The van der Waals surface area contributed by atoms with Crippen molar-refractivity contribution < 1.29 is 14.7 Å². The van der Waals surface area contributed by atoms with E-state index in [0.29, 0.717) is 19.4 Å². The second-order valence-corrected chi connectivity index (χ2v) is 7.28. The van der Waals surface area contributed by atoms with Crippen molar-refractivity contribution in [2.75, 3.05) is 6.54 Å². The average Bonchev–Trinajstić information content (AvgIpc) is 2.97. The van der Waals surface area contributed by atoms with Gasteiger partial charge in [-0.1, -0.05) is 6.42 Å². The minimum absolute atomic E-state index is 0.111. The van der Waals surface area contributed by atoms with E-state index < -0.39 is 11.9 Å². The minimum Gasteiger partial charge on any atom is -0.481 e. The number of carbonyl (C=O) groups excluding carboxylic acids is 1. The van der Waals surface area contributed by atoms with E-state index in [1.165, 1.54) is 4.88 Å². The van der Waals surface area contributed by atoms with Crippen molar-refractivity contribution in [2.45, 2.75) is 25.7 Å². The molecule has 1 aromatic rings. The predicted molar refractivity (Wildman–Crippen MR) is 77.2 cm³/mol. The summed E-state index contributed by atoms with van der Waals surface area (Å²) in [5, 5.41) is 11.9. The van der Waals surface area contributed by atoms with Gasteiger partial charge in [0.25, 0.3) is 0 Å². The summed E-state index contributed by atoms with van der Waals surface area (Å²) in [5.74, 6) is -1.82. The molecule has 1 aromatic heterocycles. The highest BCUT2D eigenvalue weighted by molar-refractivity contribution is 9.11. The molecule has 0 radical (unpaired) electrons. The summed E-state index contributed by atoms with van der Waals surface area (Å²) in [6.45, 7) is 0.564. The first-order valence-corrected chi connectivity index (χ1v) is 7.93. The fourth-order valence-corrected chi connectivity index (χ4v) is 3.98. The molecule has 0 unspecified atom stereocenters. The molecule has 104 valence electrons. The van der Waals surface area contributed by atoms with Gasteiger partial charge in [0.1, 0.15) is 0 Å². The molecule has 0 spiro atoms. The zero-order valence-electron chi connectivity index (χ0n) is 10.4. The highest BCUT2D eigenvalue weighted by Crippen LogP contribution is 2.32. The van der Waals surface area contributed by atoms with E-state index >= 15 is 0 Å². The number of halogens is 1. The van der Waals surface area contributed by atoms with Crippen LogP contribution < -0.4 is 5.32 Å². The zero-order valence-corrected chi connectivity index (χ0v) is 12.8. The maximum atomic E-state index is 12.0. The number of carboxylic acid groups (broad SMARTS) is 1. The summed E-state index contributed by atoms with van der Waals surface area (Å²) in [6, 6.07) is 4.01. The monoisotopic (exact) mass is 345 g/mol. The smallest absolute Gasteiger partial charge is 0.307 e. The third-order valence-electron chi connectivity index (χ3n) is 3.47. The minimum atomic E-state index is -0.847. The summed E-state index contributed by atoms with van der Waals surface area (Å²) in [7, 11) is 0. The molecule has 2 N–H and O–H groups in total. The second kappa shape index (κ2) is 6.52. The number of nitrogens with one attached hydrogen (secondary N) is 1. The van der Waals surface area contributed by atoms with Crippen LogP contribution in [0.1, 0.15) is 24.1 Å². The van der Waals surface area contributed by atoms with Crippen LogP contribution in [0.4, 0.5) is 0 Å². The van der Waals surface area contributed by atoms with Gasteiger partial charge in [0, 0.05) is 11.4 Å². The SMILES string of the molecule is O=C(O)[C@H]1CCC[C@H]1C(=O)NCCc1ccc(Br)s1. The van der Waals surface area contributed by atoms with Gasteiger partial charge in [-0.15, -0.1) is 11.3 Å². The van der Waals surface area contributed by atoms with Crippen molar-refractivity contribution in [3.8, 4) is 0 Å². The molecular formula is C13H16BrNO3S. The lowest BCUT2D eigenvalue weighted by molar-refractivity contribution is -0.146. The lowest BCUT2D eigenvalue weighted by Gasteiger charge is -2.15. The Morgan fingerprint density at radius 2 is 2.11 bits per heavy atom. The first-order valence-electron chi connectivity index (χ1n) is 6.32. The molecule has 2 atom stereocenters. The molecule has 1 saturated carbocycles. The molecule has 1 heterocycles. The van der Waals surface area contributed by atoms with Crippen molar-refractivity contribution in [3.05, 3.63) is 20.8 Å². The largest absolute Gasteiger partial charge is 0.481 e. The molecule has 4 nitrogen and oxygen atoms in total. The molecule has 1 amide bonds. The molecule has 6 heteroatoms. The standard InChI is InChI=1S/C13H16BrNO3S/c14-11-5-4-8(19-11)6-7-15-12(16)9-2-1-3-10(9)13(17)18/h4-5,9-10H,1-3,6-7H2,(H,15,16)(H,17,18)/t9-,10+/m1/s1.